The van der Waals surface area contributed by atoms with Crippen LogP contribution in [0.4, 0.5) is 0 Å². The van der Waals surface area contributed by atoms with E-state index in [-0.39, 0.29) is 0 Å². The number of nitrogens with two attached hydrogens (primary N) is 1. The lowest BCUT2D eigenvalue weighted by atomic mass is 9.88. The van der Waals surface area contributed by atoms with Crippen molar-refractivity contribution in [3.05, 3.63) is 0 Å². The van der Waals surface area contributed by atoms with Crippen molar-refractivity contribution in [1.82, 2.24) is 9.80 Å². The highest BCUT2D eigenvalue weighted by Crippen LogP contribution is 2.37. The summed E-state index contributed by atoms with van der Waals surface area (Å²) in [4.78, 5) is 5.57. The lowest BCUT2D eigenvalue weighted by Crippen LogP contribution is -2.54. The minimum Gasteiger partial charge on any atom is -0.329 e. The van der Waals surface area contributed by atoms with Gasteiger partial charge in [-0.05, 0) is 57.5 Å². The monoisotopic (exact) mass is 293 g/mol. The summed E-state index contributed by atoms with van der Waals surface area (Å²) in [5.74, 6) is 0.902. The van der Waals surface area contributed by atoms with Crippen LogP contribution in [0.15, 0.2) is 0 Å². The van der Waals surface area contributed by atoms with Gasteiger partial charge in [0.05, 0.1) is 0 Å². The summed E-state index contributed by atoms with van der Waals surface area (Å²) in [5.41, 5.74) is 6.63. The average Bonchev–Trinajstić information content (AvgIpc) is 2.94. The van der Waals surface area contributed by atoms with Crippen LogP contribution in [0.1, 0.15) is 64.7 Å². The number of piperidine rings is 1. The van der Waals surface area contributed by atoms with Crippen LogP contribution in [0.3, 0.4) is 0 Å². The first-order chi connectivity index (χ1) is 10.2. The van der Waals surface area contributed by atoms with E-state index in [1.165, 1.54) is 84.0 Å². The molecule has 0 aromatic rings. The molecule has 0 aromatic heterocycles. The third-order valence-corrected chi connectivity index (χ3v) is 6.56. The van der Waals surface area contributed by atoms with Crippen LogP contribution in [0.5, 0.6) is 0 Å². The van der Waals surface area contributed by atoms with Crippen molar-refractivity contribution < 1.29 is 0 Å². The molecule has 3 heteroatoms. The van der Waals surface area contributed by atoms with Crippen LogP contribution in [0, 0.1) is 5.92 Å². The van der Waals surface area contributed by atoms with Gasteiger partial charge < -0.3 is 5.73 Å². The van der Waals surface area contributed by atoms with Crippen molar-refractivity contribution >= 4 is 0 Å². The molecule has 0 aromatic carbocycles. The highest BCUT2D eigenvalue weighted by Gasteiger charge is 2.41. The maximum Gasteiger partial charge on any atom is 0.0332 e. The Hall–Kier alpha value is -0.120. The summed E-state index contributed by atoms with van der Waals surface area (Å²) < 4.78 is 0. The van der Waals surface area contributed by atoms with Gasteiger partial charge in [-0.2, -0.15) is 0 Å². The first kappa shape index (κ1) is 15.8. The highest BCUT2D eigenvalue weighted by molar-refractivity contribution is 4.99. The van der Waals surface area contributed by atoms with E-state index in [4.69, 9.17) is 5.73 Å². The Labute approximate surface area is 131 Å². The van der Waals surface area contributed by atoms with Crippen molar-refractivity contribution in [2.45, 2.75) is 76.3 Å². The second-order valence-corrected chi connectivity index (χ2v) is 7.95. The first-order valence-corrected chi connectivity index (χ1v) is 9.43. The number of rotatable bonds is 3. The van der Waals surface area contributed by atoms with E-state index < -0.39 is 0 Å². The van der Waals surface area contributed by atoms with Gasteiger partial charge in [-0.1, -0.05) is 26.2 Å². The summed E-state index contributed by atoms with van der Waals surface area (Å²) in [7, 11) is 0. The molecule has 21 heavy (non-hydrogen) atoms. The largest absolute Gasteiger partial charge is 0.329 e. The van der Waals surface area contributed by atoms with Crippen LogP contribution in [0.25, 0.3) is 0 Å². The molecule has 0 radical (unpaired) electrons. The molecule has 1 aliphatic carbocycles. The molecule has 122 valence electrons. The summed E-state index contributed by atoms with van der Waals surface area (Å²) in [6.07, 6.45) is 12.5. The van der Waals surface area contributed by atoms with Gasteiger partial charge in [-0.25, -0.2) is 0 Å². The first-order valence-electron chi connectivity index (χ1n) is 9.43. The fraction of sp³-hybridized carbons (Fsp3) is 1.00. The standard InChI is InChI=1S/C18H35N3/c1-16-6-5-9-18(15-19,10-7-16)21-13-8-17(14-21)20-11-3-2-4-12-20/h16-17H,2-15,19H2,1H3. The van der Waals surface area contributed by atoms with Crippen molar-refractivity contribution in [3.8, 4) is 0 Å². The zero-order chi connectivity index (χ0) is 14.7. The molecular weight excluding hydrogens is 258 g/mol. The SMILES string of the molecule is CC1CCCC(CN)(N2CCC(N3CCCCC3)C2)CC1. The minimum atomic E-state index is 0.329. The number of hydrogen-bond acceptors (Lipinski definition) is 3. The Morgan fingerprint density at radius 2 is 1.76 bits per heavy atom. The van der Waals surface area contributed by atoms with E-state index in [1.807, 2.05) is 0 Å². The summed E-state index contributed by atoms with van der Waals surface area (Å²) in [5, 5.41) is 0. The van der Waals surface area contributed by atoms with Gasteiger partial charge in [0.15, 0.2) is 0 Å². The number of likely N-dealkylation sites (tertiary alicyclic amines) is 2. The molecule has 3 nitrogen and oxygen atoms in total. The number of hydrogen-bond donors (Lipinski definition) is 1. The number of nitrogens with zero attached hydrogens (tertiary/aromatic N) is 2. The van der Waals surface area contributed by atoms with Crippen LogP contribution >= 0.6 is 0 Å². The molecular formula is C18H35N3. The summed E-state index contributed by atoms with van der Waals surface area (Å²) >= 11 is 0. The van der Waals surface area contributed by atoms with E-state index in [9.17, 15) is 0 Å². The quantitative estimate of drug-likeness (QED) is 0.812. The van der Waals surface area contributed by atoms with Gasteiger partial charge in [0.25, 0.3) is 0 Å². The molecule has 2 heterocycles. The fourth-order valence-electron chi connectivity index (χ4n) is 4.97. The fourth-order valence-corrected chi connectivity index (χ4v) is 4.97. The molecule has 3 atom stereocenters. The van der Waals surface area contributed by atoms with Crippen LogP contribution < -0.4 is 5.73 Å². The third-order valence-electron chi connectivity index (χ3n) is 6.56. The summed E-state index contributed by atoms with van der Waals surface area (Å²) in [6, 6.07) is 0.814. The van der Waals surface area contributed by atoms with Gasteiger partial charge in [-0.3, -0.25) is 9.80 Å². The Balaban J connectivity index is 1.62. The van der Waals surface area contributed by atoms with Crippen LogP contribution in [0.2, 0.25) is 0 Å². The van der Waals surface area contributed by atoms with Crippen molar-refractivity contribution in [3.63, 3.8) is 0 Å². The summed E-state index contributed by atoms with van der Waals surface area (Å²) in [6.45, 7) is 8.54. The van der Waals surface area contributed by atoms with Crippen molar-refractivity contribution in [2.75, 3.05) is 32.7 Å². The third kappa shape index (κ3) is 3.46. The molecule has 2 aliphatic heterocycles. The van der Waals surface area contributed by atoms with Crippen molar-refractivity contribution in [2.24, 2.45) is 11.7 Å². The molecule has 2 N–H and O–H groups in total. The van der Waals surface area contributed by atoms with Gasteiger partial charge in [0, 0.05) is 31.2 Å². The molecule has 2 saturated heterocycles. The molecule has 1 saturated carbocycles. The predicted octanol–water partition coefficient (Wildman–Crippen LogP) is 2.84. The lowest BCUT2D eigenvalue weighted by Gasteiger charge is -2.42. The van der Waals surface area contributed by atoms with Gasteiger partial charge in [0.2, 0.25) is 0 Å². The van der Waals surface area contributed by atoms with Crippen molar-refractivity contribution in [1.29, 1.82) is 0 Å². The molecule has 0 amide bonds. The van der Waals surface area contributed by atoms with E-state index in [2.05, 4.69) is 16.7 Å². The second kappa shape index (κ2) is 6.97. The normalized spacial score (nSPS) is 40.3. The molecule has 3 rings (SSSR count). The minimum absolute atomic E-state index is 0.329. The Kier molecular flexibility index (Phi) is 5.23. The molecule has 3 aliphatic rings. The zero-order valence-electron chi connectivity index (χ0n) is 14.0. The predicted molar refractivity (Wildman–Crippen MR) is 89.4 cm³/mol. The maximum atomic E-state index is 6.30. The Morgan fingerprint density at radius 3 is 2.52 bits per heavy atom. The Morgan fingerprint density at radius 1 is 0.952 bits per heavy atom. The van der Waals surface area contributed by atoms with Gasteiger partial charge in [-0.15, -0.1) is 0 Å². The van der Waals surface area contributed by atoms with E-state index in [1.54, 1.807) is 0 Å². The maximum absolute atomic E-state index is 6.30. The average molecular weight is 293 g/mol. The molecule has 0 bridgehead atoms. The van der Waals surface area contributed by atoms with E-state index in [0.29, 0.717) is 5.54 Å². The zero-order valence-corrected chi connectivity index (χ0v) is 14.0. The van der Waals surface area contributed by atoms with Gasteiger partial charge in [0.1, 0.15) is 0 Å². The topological polar surface area (TPSA) is 32.5 Å². The lowest BCUT2D eigenvalue weighted by molar-refractivity contribution is 0.0864. The highest BCUT2D eigenvalue weighted by atomic mass is 15.3. The van der Waals surface area contributed by atoms with Crippen LogP contribution in [-0.2, 0) is 0 Å². The van der Waals surface area contributed by atoms with Gasteiger partial charge >= 0.3 is 0 Å². The molecule has 3 fully saturated rings. The molecule has 3 unspecified atom stereocenters. The smallest absolute Gasteiger partial charge is 0.0332 e. The van der Waals surface area contributed by atoms with E-state index >= 15 is 0 Å². The second-order valence-electron chi connectivity index (χ2n) is 7.95. The van der Waals surface area contributed by atoms with Crippen LogP contribution in [-0.4, -0.2) is 54.1 Å². The molecule has 0 spiro atoms. The Bertz CT molecular complexity index is 326. The van der Waals surface area contributed by atoms with E-state index in [0.717, 1.165) is 18.5 Å².